The molecule has 0 radical (unpaired) electrons. The van der Waals surface area contributed by atoms with E-state index in [1.807, 2.05) is 0 Å². The van der Waals surface area contributed by atoms with Gasteiger partial charge in [0, 0.05) is 25.3 Å². The van der Waals surface area contributed by atoms with Crippen molar-refractivity contribution in [3.05, 3.63) is 42.0 Å². The van der Waals surface area contributed by atoms with Gasteiger partial charge in [0.05, 0.1) is 0 Å². The molecule has 0 heterocycles. The first kappa shape index (κ1) is 11.2. The molecule has 2 N–H and O–H groups in total. The number of hydrogen-bond donors (Lipinski definition) is 1. The van der Waals surface area contributed by atoms with Gasteiger partial charge < -0.3 is 10.6 Å². The van der Waals surface area contributed by atoms with Crippen molar-refractivity contribution in [3.8, 4) is 0 Å². The molecule has 2 nitrogen and oxygen atoms in total. The lowest BCUT2D eigenvalue weighted by Crippen LogP contribution is -2.26. The van der Waals surface area contributed by atoms with Crippen LogP contribution in [-0.2, 0) is 0 Å². The standard InChI is InChI=1S/C14H20N2/c1-11-5-3-4-6-14(11)16(2)10-12-7-8-13(15)9-12/h3-8,12-13H,9-10,15H2,1-2H3. The van der Waals surface area contributed by atoms with Gasteiger partial charge in [0.2, 0.25) is 0 Å². The lowest BCUT2D eigenvalue weighted by atomic mass is 10.1. The van der Waals surface area contributed by atoms with E-state index in [0.29, 0.717) is 5.92 Å². The molecule has 0 aliphatic heterocycles. The zero-order valence-corrected chi connectivity index (χ0v) is 10.1. The van der Waals surface area contributed by atoms with Gasteiger partial charge in [-0.15, -0.1) is 0 Å². The summed E-state index contributed by atoms with van der Waals surface area (Å²) in [5.41, 5.74) is 8.51. The molecule has 2 heteroatoms. The van der Waals surface area contributed by atoms with Gasteiger partial charge in [-0.25, -0.2) is 0 Å². The van der Waals surface area contributed by atoms with Gasteiger partial charge in [-0.2, -0.15) is 0 Å². The van der Waals surface area contributed by atoms with Gasteiger partial charge in [0.15, 0.2) is 0 Å². The van der Waals surface area contributed by atoms with Crippen LogP contribution in [0.2, 0.25) is 0 Å². The molecule has 0 saturated heterocycles. The number of para-hydroxylation sites is 1. The second kappa shape index (κ2) is 4.71. The summed E-state index contributed by atoms with van der Waals surface area (Å²) in [5.74, 6) is 0.597. The number of rotatable bonds is 3. The third-order valence-electron chi connectivity index (χ3n) is 3.24. The van der Waals surface area contributed by atoms with E-state index >= 15 is 0 Å². The summed E-state index contributed by atoms with van der Waals surface area (Å²) in [6.45, 7) is 3.21. The minimum Gasteiger partial charge on any atom is -0.374 e. The van der Waals surface area contributed by atoms with Crippen molar-refractivity contribution in [3.63, 3.8) is 0 Å². The zero-order chi connectivity index (χ0) is 11.5. The van der Waals surface area contributed by atoms with Crippen LogP contribution in [0.3, 0.4) is 0 Å². The first-order chi connectivity index (χ1) is 7.66. The van der Waals surface area contributed by atoms with Gasteiger partial charge in [-0.05, 0) is 30.9 Å². The summed E-state index contributed by atoms with van der Waals surface area (Å²) in [4.78, 5) is 2.32. The molecular formula is C14H20N2. The SMILES string of the molecule is Cc1ccccc1N(C)CC1C=CC(N)C1. The number of hydrogen-bond acceptors (Lipinski definition) is 2. The molecule has 1 aromatic rings. The minimum atomic E-state index is 0.260. The molecule has 0 spiro atoms. The average Bonchev–Trinajstić information content (AvgIpc) is 2.64. The normalized spacial score (nSPS) is 23.7. The Morgan fingerprint density at radius 2 is 2.06 bits per heavy atom. The fourth-order valence-corrected chi connectivity index (χ4v) is 2.38. The van der Waals surface area contributed by atoms with Crippen LogP contribution in [-0.4, -0.2) is 19.6 Å². The van der Waals surface area contributed by atoms with Gasteiger partial charge in [-0.3, -0.25) is 0 Å². The molecule has 86 valence electrons. The molecule has 0 bridgehead atoms. The maximum absolute atomic E-state index is 5.86. The average molecular weight is 216 g/mol. The summed E-state index contributed by atoms with van der Waals surface area (Å²) in [7, 11) is 2.15. The number of anilines is 1. The third kappa shape index (κ3) is 2.45. The highest BCUT2D eigenvalue weighted by Gasteiger charge is 2.17. The van der Waals surface area contributed by atoms with Crippen LogP contribution in [0, 0.1) is 12.8 Å². The molecular weight excluding hydrogens is 196 g/mol. The maximum Gasteiger partial charge on any atom is 0.0393 e. The van der Waals surface area contributed by atoms with Crippen LogP contribution in [0.5, 0.6) is 0 Å². The fraction of sp³-hybridized carbons (Fsp3) is 0.429. The van der Waals surface area contributed by atoms with E-state index in [1.54, 1.807) is 0 Å². The predicted octanol–water partition coefficient (Wildman–Crippen LogP) is 2.33. The van der Waals surface area contributed by atoms with Crippen LogP contribution < -0.4 is 10.6 Å². The van der Waals surface area contributed by atoms with Gasteiger partial charge in [0.25, 0.3) is 0 Å². The lowest BCUT2D eigenvalue weighted by molar-refractivity contribution is 0.586. The minimum absolute atomic E-state index is 0.260. The van der Waals surface area contributed by atoms with E-state index in [1.165, 1.54) is 11.3 Å². The molecule has 2 unspecified atom stereocenters. The highest BCUT2D eigenvalue weighted by Crippen LogP contribution is 2.22. The molecule has 0 saturated carbocycles. The number of aryl methyl sites for hydroxylation is 1. The first-order valence-corrected chi connectivity index (χ1v) is 5.87. The Kier molecular flexibility index (Phi) is 3.30. The quantitative estimate of drug-likeness (QED) is 0.786. The molecule has 0 fully saturated rings. The van der Waals surface area contributed by atoms with E-state index in [0.717, 1.165) is 13.0 Å². The van der Waals surface area contributed by atoms with Crippen molar-refractivity contribution in [2.45, 2.75) is 19.4 Å². The Labute approximate surface area is 97.8 Å². The molecule has 0 amide bonds. The van der Waals surface area contributed by atoms with Gasteiger partial charge in [-0.1, -0.05) is 30.4 Å². The Balaban J connectivity index is 2.01. The molecule has 16 heavy (non-hydrogen) atoms. The Hall–Kier alpha value is -1.28. The highest BCUT2D eigenvalue weighted by atomic mass is 15.1. The highest BCUT2D eigenvalue weighted by molar-refractivity contribution is 5.52. The summed E-state index contributed by atoms with van der Waals surface area (Å²) < 4.78 is 0. The second-order valence-corrected chi connectivity index (χ2v) is 4.71. The van der Waals surface area contributed by atoms with Gasteiger partial charge in [0.1, 0.15) is 0 Å². The lowest BCUT2D eigenvalue weighted by Gasteiger charge is -2.24. The maximum atomic E-state index is 5.86. The van der Waals surface area contributed by atoms with E-state index < -0.39 is 0 Å². The Bertz CT molecular complexity index is 384. The van der Waals surface area contributed by atoms with E-state index in [4.69, 9.17) is 5.73 Å². The topological polar surface area (TPSA) is 29.3 Å². The molecule has 0 aromatic heterocycles. The molecule has 2 rings (SSSR count). The predicted molar refractivity (Wildman–Crippen MR) is 69.7 cm³/mol. The smallest absolute Gasteiger partial charge is 0.0393 e. The number of nitrogens with two attached hydrogens (primary N) is 1. The largest absolute Gasteiger partial charge is 0.374 e. The van der Waals surface area contributed by atoms with Crippen molar-refractivity contribution in [2.24, 2.45) is 11.7 Å². The van der Waals surface area contributed by atoms with E-state index in [2.05, 4.69) is 55.3 Å². The second-order valence-electron chi connectivity index (χ2n) is 4.71. The number of nitrogens with zero attached hydrogens (tertiary/aromatic N) is 1. The zero-order valence-electron chi connectivity index (χ0n) is 10.1. The first-order valence-electron chi connectivity index (χ1n) is 5.87. The van der Waals surface area contributed by atoms with Crippen LogP contribution >= 0.6 is 0 Å². The molecule has 2 atom stereocenters. The van der Waals surface area contributed by atoms with Crippen LogP contribution in [0.1, 0.15) is 12.0 Å². The fourth-order valence-electron chi connectivity index (χ4n) is 2.38. The monoisotopic (exact) mass is 216 g/mol. The van der Waals surface area contributed by atoms with Crippen molar-refractivity contribution < 1.29 is 0 Å². The van der Waals surface area contributed by atoms with Crippen molar-refractivity contribution in [1.82, 2.24) is 0 Å². The van der Waals surface area contributed by atoms with Crippen molar-refractivity contribution in [1.29, 1.82) is 0 Å². The summed E-state index contributed by atoms with van der Waals surface area (Å²) in [5, 5.41) is 0. The van der Waals surface area contributed by atoms with Crippen LogP contribution in [0.15, 0.2) is 36.4 Å². The number of benzene rings is 1. The van der Waals surface area contributed by atoms with Crippen LogP contribution in [0.25, 0.3) is 0 Å². The third-order valence-corrected chi connectivity index (χ3v) is 3.24. The Morgan fingerprint density at radius 1 is 1.31 bits per heavy atom. The van der Waals surface area contributed by atoms with Crippen molar-refractivity contribution >= 4 is 5.69 Å². The Morgan fingerprint density at radius 3 is 2.69 bits per heavy atom. The molecule has 1 aliphatic rings. The van der Waals surface area contributed by atoms with E-state index in [9.17, 15) is 0 Å². The van der Waals surface area contributed by atoms with Crippen molar-refractivity contribution in [2.75, 3.05) is 18.5 Å². The summed E-state index contributed by atoms with van der Waals surface area (Å²) in [6, 6.07) is 8.76. The molecule has 1 aromatic carbocycles. The van der Waals surface area contributed by atoms with E-state index in [-0.39, 0.29) is 6.04 Å². The summed E-state index contributed by atoms with van der Waals surface area (Å²) in [6.07, 6.45) is 5.45. The van der Waals surface area contributed by atoms with Gasteiger partial charge >= 0.3 is 0 Å². The summed E-state index contributed by atoms with van der Waals surface area (Å²) >= 11 is 0. The molecule has 1 aliphatic carbocycles. The van der Waals surface area contributed by atoms with Crippen LogP contribution in [0.4, 0.5) is 5.69 Å².